The quantitative estimate of drug-likeness (QED) is 0.675. The first kappa shape index (κ1) is 13.1. The van der Waals surface area contributed by atoms with E-state index in [1.807, 2.05) is 6.92 Å². The minimum atomic E-state index is 0.431. The zero-order valence-corrected chi connectivity index (χ0v) is 10.1. The van der Waals surface area contributed by atoms with Crippen molar-refractivity contribution in [3.8, 4) is 0 Å². The second-order valence-corrected chi connectivity index (χ2v) is 3.77. The number of rotatable bonds is 8. The molecule has 0 fully saturated rings. The Kier molecular flexibility index (Phi) is 6.03. The molecule has 1 aromatic rings. The van der Waals surface area contributed by atoms with Gasteiger partial charge in [-0.2, -0.15) is 4.98 Å². The van der Waals surface area contributed by atoms with Gasteiger partial charge in [-0.1, -0.05) is 18.5 Å². The van der Waals surface area contributed by atoms with Crippen LogP contribution in [-0.4, -0.2) is 29.9 Å². The maximum atomic E-state index is 5.63. The fourth-order valence-corrected chi connectivity index (χ4v) is 1.42. The number of aromatic nitrogens is 2. The number of nitrogens with zero attached hydrogens (tertiary/aromatic N) is 2. The molecule has 0 bridgehead atoms. The Labute approximate surface area is 96.4 Å². The van der Waals surface area contributed by atoms with E-state index >= 15 is 0 Å². The van der Waals surface area contributed by atoms with E-state index in [1.165, 1.54) is 0 Å². The molecule has 0 amide bonds. The van der Waals surface area contributed by atoms with E-state index in [-0.39, 0.29) is 0 Å². The Hall–Kier alpha value is -0.940. The van der Waals surface area contributed by atoms with Gasteiger partial charge in [0.2, 0.25) is 5.89 Å². The molecular weight excluding hydrogens is 206 g/mol. The molecule has 1 atom stereocenters. The van der Waals surface area contributed by atoms with Crippen LogP contribution >= 0.6 is 0 Å². The molecule has 1 rings (SSSR count). The molecule has 1 heterocycles. The van der Waals surface area contributed by atoms with E-state index in [2.05, 4.69) is 17.1 Å². The minimum Gasteiger partial charge on any atom is -0.381 e. The van der Waals surface area contributed by atoms with Crippen molar-refractivity contribution in [2.75, 3.05) is 19.8 Å². The topological polar surface area (TPSA) is 74.2 Å². The van der Waals surface area contributed by atoms with Crippen molar-refractivity contribution in [3.05, 3.63) is 11.7 Å². The smallest absolute Gasteiger partial charge is 0.226 e. The Morgan fingerprint density at radius 2 is 2.25 bits per heavy atom. The van der Waals surface area contributed by atoms with Crippen molar-refractivity contribution in [3.63, 3.8) is 0 Å². The highest BCUT2D eigenvalue weighted by molar-refractivity contribution is 4.88. The maximum Gasteiger partial charge on any atom is 0.226 e. The average Bonchev–Trinajstić information content (AvgIpc) is 2.74. The normalized spacial score (nSPS) is 12.9. The summed E-state index contributed by atoms with van der Waals surface area (Å²) in [5, 5.41) is 3.90. The number of hydrogen-bond donors (Lipinski definition) is 1. The molecule has 5 nitrogen and oxygen atoms in total. The molecule has 0 aliphatic rings. The van der Waals surface area contributed by atoms with E-state index in [4.69, 9.17) is 15.0 Å². The van der Waals surface area contributed by atoms with Gasteiger partial charge in [0, 0.05) is 19.4 Å². The molecule has 0 saturated carbocycles. The first-order chi connectivity index (χ1) is 7.80. The fourth-order valence-electron chi connectivity index (χ4n) is 1.42. The van der Waals surface area contributed by atoms with E-state index in [0.29, 0.717) is 31.4 Å². The van der Waals surface area contributed by atoms with Crippen LogP contribution in [0.25, 0.3) is 0 Å². The van der Waals surface area contributed by atoms with Gasteiger partial charge in [0.15, 0.2) is 5.82 Å². The highest BCUT2D eigenvalue weighted by Gasteiger charge is 2.11. The Morgan fingerprint density at radius 1 is 1.44 bits per heavy atom. The summed E-state index contributed by atoms with van der Waals surface area (Å²) in [6, 6.07) is 0. The molecule has 0 saturated heterocycles. The summed E-state index contributed by atoms with van der Waals surface area (Å²) >= 11 is 0. The van der Waals surface area contributed by atoms with Gasteiger partial charge in [0.1, 0.15) is 0 Å². The number of ether oxygens (including phenoxy) is 1. The van der Waals surface area contributed by atoms with Crippen LogP contribution in [0.15, 0.2) is 4.52 Å². The third-order valence-electron chi connectivity index (χ3n) is 2.56. The highest BCUT2D eigenvalue weighted by Crippen LogP contribution is 2.09. The van der Waals surface area contributed by atoms with Crippen LogP contribution in [0.3, 0.4) is 0 Å². The van der Waals surface area contributed by atoms with Crippen molar-refractivity contribution >= 4 is 0 Å². The molecule has 16 heavy (non-hydrogen) atoms. The molecule has 92 valence electrons. The molecular formula is C11H21N3O2. The summed E-state index contributed by atoms with van der Waals surface area (Å²) in [6.07, 6.45) is 2.51. The lowest BCUT2D eigenvalue weighted by Crippen LogP contribution is -2.16. The zero-order chi connectivity index (χ0) is 11.8. The van der Waals surface area contributed by atoms with Crippen LogP contribution in [0.1, 0.15) is 32.0 Å². The van der Waals surface area contributed by atoms with Crippen molar-refractivity contribution in [2.24, 2.45) is 11.7 Å². The van der Waals surface area contributed by atoms with E-state index in [0.717, 1.165) is 25.3 Å². The maximum absolute atomic E-state index is 5.63. The first-order valence-electron chi connectivity index (χ1n) is 5.89. The molecule has 1 unspecified atom stereocenters. The van der Waals surface area contributed by atoms with Crippen molar-refractivity contribution < 1.29 is 9.26 Å². The third kappa shape index (κ3) is 4.28. The van der Waals surface area contributed by atoms with E-state index in [1.54, 1.807) is 0 Å². The van der Waals surface area contributed by atoms with Gasteiger partial charge in [-0.25, -0.2) is 0 Å². The van der Waals surface area contributed by atoms with Gasteiger partial charge in [0.25, 0.3) is 0 Å². The van der Waals surface area contributed by atoms with Crippen molar-refractivity contribution in [1.29, 1.82) is 0 Å². The summed E-state index contributed by atoms with van der Waals surface area (Å²) in [4.78, 5) is 4.30. The van der Waals surface area contributed by atoms with Gasteiger partial charge in [-0.15, -0.1) is 0 Å². The first-order valence-corrected chi connectivity index (χ1v) is 5.89. The van der Waals surface area contributed by atoms with Crippen LogP contribution in [-0.2, 0) is 17.6 Å². The summed E-state index contributed by atoms with van der Waals surface area (Å²) in [6.45, 7) is 6.10. The van der Waals surface area contributed by atoms with Crippen LogP contribution in [0, 0.1) is 5.92 Å². The Balaban J connectivity index is 2.38. The standard InChI is InChI=1S/C11H21N3O2/c1-3-9(8-12)7-11-13-10(14-16-11)5-6-15-4-2/h9H,3-8,12H2,1-2H3. The van der Waals surface area contributed by atoms with E-state index < -0.39 is 0 Å². The molecule has 0 aliphatic heterocycles. The fraction of sp³-hybridized carbons (Fsp3) is 0.818. The monoisotopic (exact) mass is 227 g/mol. The molecule has 0 aliphatic carbocycles. The van der Waals surface area contributed by atoms with Crippen molar-refractivity contribution in [2.45, 2.75) is 33.1 Å². The Bertz CT molecular complexity index is 285. The van der Waals surface area contributed by atoms with Gasteiger partial charge < -0.3 is 15.0 Å². The van der Waals surface area contributed by atoms with Crippen LogP contribution in [0.2, 0.25) is 0 Å². The van der Waals surface area contributed by atoms with Crippen LogP contribution < -0.4 is 5.73 Å². The predicted molar refractivity (Wildman–Crippen MR) is 61.0 cm³/mol. The molecule has 0 radical (unpaired) electrons. The van der Waals surface area contributed by atoms with Crippen molar-refractivity contribution in [1.82, 2.24) is 10.1 Å². The highest BCUT2D eigenvalue weighted by atomic mass is 16.5. The van der Waals surface area contributed by atoms with Gasteiger partial charge in [-0.3, -0.25) is 0 Å². The predicted octanol–water partition coefficient (Wildman–Crippen LogP) is 1.18. The largest absolute Gasteiger partial charge is 0.381 e. The third-order valence-corrected chi connectivity index (χ3v) is 2.56. The molecule has 0 aromatic carbocycles. The lowest BCUT2D eigenvalue weighted by molar-refractivity contribution is 0.149. The summed E-state index contributed by atoms with van der Waals surface area (Å²) in [7, 11) is 0. The minimum absolute atomic E-state index is 0.431. The second-order valence-electron chi connectivity index (χ2n) is 3.77. The SMILES string of the molecule is CCOCCc1noc(CC(CC)CN)n1. The Morgan fingerprint density at radius 3 is 2.88 bits per heavy atom. The lowest BCUT2D eigenvalue weighted by atomic mass is 10.0. The molecule has 0 spiro atoms. The van der Waals surface area contributed by atoms with E-state index in [9.17, 15) is 0 Å². The number of hydrogen-bond acceptors (Lipinski definition) is 5. The van der Waals surface area contributed by atoms with Crippen LogP contribution in [0.5, 0.6) is 0 Å². The molecule has 2 N–H and O–H groups in total. The second kappa shape index (κ2) is 7.35. The summed E-state index contributed by atoms with van der Waals surface area (Å²) in [5.41, 5.74) is 5.63. The average molecular weight is 227 g/mol. The van der Waals surface area contributed by atoms with Gasteiger partial charge >= 0.3 is 0 Å². The summed E-state index contributed by atoms with van der Waals surface area (Å²) < 4.78 is 10.4. The van der Waals surface area contributed by atoms with Crippen LogP contribution in [0.4, 0.5) is 0 Å². The molecule has 5 heteroatoms. The lowest BCUT2D eigenvalue weighted by Gasteiger charge is -2.07. The van der Waals surface area contributed by atoms with Gasteiger partial charge in [-0.05, 0) is 19.4 Å². The zero-order valence-electron chi connectivity index (χ0n) is 10.1. The number of nitrogens with two attached hydrogens (primary N) is 1. The van der Waals surface area contributed by atoms with Gasteiger partial charge in [0.05, 0.1) is 6.61 Å². The summed E-state index contributed by atoms with van der Waals surface area (Å²) in [5.74, 6) is 1.83. The molecule has 1 aromatic heterocycles.